The molecule has 0 radical (unpaired) electrons. The minimum absolute atomic E-state index is 0.00355. The van der Waals surface area contributed by atoms with Crippen LogP contribution >= 0.6 is 27.5 Å². The number of rotatable bonds is 1. The van der Waals surface area contributed by atoms with E-state index >= 15 is 0 Å². The van der Waals surface area contributed by atoms with Gasteiger partial charge in [0.25, 0.3) is 11.2 Å². The van der Waals surface area contributed by atoms with Crippen LogP contribution in [-0.4, -0.2) is 10.1 Å². The number of benzene rings is 1. The zero-order valence-electron chi connectivity index (χ0n) is 6.67. The van der Waals surface area contributed by atoms with Crippen LogP contribution in [0, 0.1) is 5.82 Å². The van der Waals surface area contributed by atoms with Gasteiger partial charge in [-0.2, -0.15) is 4.98 Å². The van der Waals surface area contributed by atoms with Crippen molar-refractivity contribution in [2.24, 2.45) is 0 Å². The van der Waals surface area contributed by atoms with Crippen LogP contribution < -0.4 is 0 Å². The minimum Gasteiger partial charge on any atom is -0.333 e. The van der Waals surface area contributed by atoms with E-state index in [1.54, 1.807) is 6.07 Å². The maximum atomic E-state index is 12.9. The predicted molar refractivity (Wildman–Crippen MR) is 52.4 cm³/mol. The molecule has 0 unspecified atom stereocenters. The highest BCUT2D eigenvalue weighted by molar-refractivity contribution is 9.10. The normalized spacial score (nSPS) is 10.5. The van der Waals surface area contributed by atoms with Crippen LogP contribution in [0.2, 0.25) is 5.28 Å². The Bertz CT molecular complexity index is 474. The van der Waals surface area contributed by atoms with Crippen LogP contribution in [0.5, 0.6) is 0 Å². The van der Waals surface area contributed by atoms with E-state index in [0.29, 0.717) is 10.0 Å². The number of hydrogen-bond donors (Lipinski definition) is 0. The molecule has 0 spiro atoms. The Balaban J connectivity index is 2.55. The summed E-state index contributed by atoms with van der Waals surface area (Å²) in [7, 11) is 0. The van der Waals surface area contributed by atoms with Gasteiger partial charge in [-0.25, -0.2) is 4.39 Å². The zero-order chi connectivity index (χ0) is 10.1. The van der Waals surface area contributed by atoms with E-state index in [2.05, 4.69) is 26.1 Å². The Kier molecular flexibility index (Phi) is 2.52. The molecule has 0 aliphatic heterocycles. The second-order valence-electron chi connectivity index (χ2n) is 2.49. The summed E-state index contributed by atoms with van der Waals surface area (Å²) >= 11 is 8.72. The molecular weight excluding hydrogens is 274 g/mol. The van der Waals surface area contributed by atoms with Gasteiger partial charge in [0.2, 0.25) is 0 Å². The zero-order valence-corrected chi connectivity index (χ0v) is 9.01. The molecule has 1 aromatic carbocycles. The molecule has 14 heavy (non-hydrogen) atoms. The molecule has 0 bridgehead atoms. The van der Waals surface area contributed by atoms with Crippen molar-refractivity contribution in [2.75, 3.05) is 0 Å². The molecule has 0 atom stereocenters. The molecule has 0 aliphatic carbocycles. The summed E-state index contributed by atoms with van der Waals surface area (Å²) in [6, 6.07) is 4.17. The maximum Gasteiger partial charge on any atom is 0.264 e. The van der Waals surface area contributed by atoms with Crippen LogP contribution in [0.15, 0.2) is 27.2 Å². The highest BCUT2D eigenvalue weighted by Crippen LogP contribution is 2.28. The molecule has 0 aliphatic rings. The average molecular weight is 277 g/mol. The van der Waals surface area contributed by atoms with Crippen molar-refractivity contribution in [1.29, 1.82) is 0 Å². The van der Waals surface area contributed by atoms with Gasteiger partial charge in [0.15, 0.2) is 0 Å². The molecule has 0 saturated carbocycles. The molecule has 2 aromatic rings. The standard InChI is InChI=1S/C8H3BrClFN2O/c9-6-2-1-4(11)3-5(6)7-12-8(10)13-14-7/h1-3H. The summed E-state index contributed by atoms with van der Waals surface area (Å²) in [5.41, 5.74) is 0.476. The Hall–Kier alpha value is -0.940. The van der Waals surface area contributed by atoms with Gasteiger partial charge in [-0.1, -0.05) is 0 Å². The first kappa shape index (κ1) is 9.61. The summed E-state index contributed by atoms with van der Waals surface area (Å²) in [6.45, 7) is 0. The van der Waals surface area contributed by atoms with Crippen LogP contribution in [0.25, 0.3) is 11.5 Å². The Morgan fingerprint density at radius 1 is 1.43 bits per heavy atom. The summed E-state index contributed by atoms with van der Waals surface area (Å²) < 4.78 is 18.4. The lowest BCUT2D eigenvalue weighted by Gasteiger charge is -1.97. The first-order valence-corrected chi connectivity index (χ1v) is 4.78. The first-order valence-electron chi connectivity index (χ1n) is 3.61. The third kappa shape index (κ3) is 1.78. The minimum atomic E-state index is -0.377. The van der Waals surface area contributed by atoms with Gasteiger partial charge in [-0.05, 0) is 50.9 Å². The van der Waals surface area contributed by atoms with E-state index in [4.69, 9.17) is 16.1 Å². The van der Waals surface area contributed by atoms with Gasteiger partial charge in [0, 0.05) is 4.47 Å². The number of halogens is 3. The molecule has 2 rings (SSSR count). The Morgan fingerprint density at radius 2 is 2.21 bits per heavy atom. The average Bonchev–Trinajstić information content (AvgIpc) is 2.56. The quantitative estimate of drug-likeness (QED) is 0.803. The Morgan fingerprint density at radius 3 is 2.86 bits per heavy atom. The lowest BCUT2D eigenvalue weighted by Crippen LogP contribution is -1.82. The summed E-state index contributed by atoms with van der Waals surface area (Å²) in [5.74, 6) is -0.195. The van der Waals surface area contributed by atoms with Gasteiger partial charge in [-0.3, -0.25) is 0 Å². The van der Waals surface area contributed by atoms with Crippen LogP contribution in [0.3, 0.4) is 0 Å². The molecular formula is C8H3BrClFN2O. The van der Waals surface area contributed by atoms with Gasteiger partial charge >= 0.3 is 0 Å². The second kappa shape index (κ2) is 3.67. The van der Waals surface area contributed by atoms with Gasteiger partial charge in [0.1, 0.15) is 5.82 Å². The van der Waals surface area contributed by atoms with Crippen LogP contribution in [-0.2, 0) is 0 Å². The predicted octanol–water partition coefficient (Wildman–Crippen LogP) is 3.29. The van der Waals surface area contributed by atoms with E-state index in [1.807, 2.05) is 0 Å². The number of hydrogen-bond acceptors (Lipinski definition) is 3. The fourth-order valence-corrected chi connectivity index (χ4v) is 1.50. The van der Waals surface area contributed by atoms with Crippen LogP contribution in [0.4, 0.5) is 4.39 Å². The molecule has 1 heterocycles. The summed E-state index contributed by atoms with van der Waals surface area (Å²) in [5, 5.41) is 3.40. The third-order valence-corrected chi connectivity index (χ3v) is 2.41. The number of aromatic nitrogens is 2. The molecule has 72 valence electrons. The molecule has 0 amide bonds. The van der Waals surface area contributed by atoms with E-state index in [-0.39, 0.29) is 17.0 Å². The summed E-state index contributed by atoms with van der Waals surface area (Å²) in [4.78, 5) is 3.77. The second-order valence-corrected chi connectivity index (χ2v) is 3.69. The lowest BCUT2D eigenvalue weighted by atomic mass is 10.2. The lowest BCUT2D eigenvalue weighted by molar-refractivity contribution is 0.430. The highest BCUT2D eigenvalue weighted by atomic mass is 79.9. The largest absolute Gasteiger partial charge is 0.333 e. The van der Waals surface area contributed by atoms with E-state index in [9.17, 15) is 4.39 Å². The van der Waals surface area contributed by atoms with Crippen molar-refractivity contribution in [3.63, 3.8) is 0 Å². The van der Waals surface area contributed by atoms with Gasteiger partial charge in [-0.15, -0.1) is 0 Å². The molecule has 3 nitrogen and oxygen atoms in total. The van der Waals surface area contributed by atoms with Crippen LogP contribution in [0.1, 0.15) is 0 Å². The Labute approximate surface area is 92.0 Å². The smallest absolute Gasteiger partial charge is 0.264 e. The van der Waals surface area contributed by atoms with Gasteiger partial charge in [0.05, 0.1) is 5.56 Å². The maximum absolute atomic E-state index is 12.9. The SMILES string of the molecule is Fc1ccc(Br)c(-c2nc(Cl)no2)c1. The fourth-order valence-electron chi connectivity index (χ4n) is 0.976. The molecule has 1 aromatic heterocycles. The fraction of sp³-hybridized carbons (Fsp3) is 0. The monoisotopic (exact) mass is 276 g/mol. The van der Waals surface area contributed by atoms with Crippen molar-refractivity contribution in [2.45, 2.75) is 0 Å². The molecule has 0 saturated heterocycles. The van der Waals surface area contributed by atoms with Crippen molar-refractivity contribution in [3.8, 4) is 11.5 Å². The molecule has 6 heteroatoms. The number of nitrogens with zero attached hydrogens (tertiary/aromatic N) is 2. The highest BCUT2D eigenvalue weighted by Gasteiger charge is 2.11. The summed E-state index contributed by atoms with van der Waals surface area (Å²) in [6.07, 6.45) is 0. The van der Waals surface area contributed by atoms with E-state index in [1.165, 1.54) is 12.1 Å². The third-order valence-electron chi connectivity index (χ3n) is 1.56. The van der Waals surface area contributed by atoms with Crippen molar-refractivity contribution in [1.82, 2.24) is 10.1 Å². The van der Waals surface area contributed by atoms with E-state index in [0.717, 1.165) is 0 Å². The molecule has 0 fully saturated rings. The van der Waals surface area contributed by atoms with Crippen molar-refractivity contribution >= 4 is 27.5 Å². The van der Waals surface area contributed by atoms with Gasteiger partial charge < -0.3 is 4.52 Å². The van der Waals surface area contributed by atoms with E-state index < -0.39 is 0 Å². The van der Waals surface area contributed by atoms with Crippen molar-refractivity contribution < 1.29 is 8.91 Å². The topological polar surface area (TPSA) is 38.9 Å². The molecule has 0 N–H and O–H groups in total. The van der Waals surface area contributed by atoms with Crippen molar-refractivity contribution in [3.05, 3.63) is 33.8 Å². The first-order chi connectivity index (χ1) is 6.66.